The van der Waals surface area contributed by atoms with E-state index in [1.807, 2.05) is 0 Å². The molecule has 2 aromatic carbocycles. The monoisotopic (exact) mass is 344 g/mol. The van der Waals surface area contributed by atoms with Gasteiger partial charge in [0.1, 0.15) is 5.82 Å². The van der Waals surface area contributed by atoms with Crippen LogP contribution in [0.5, 0.6) is 11.5 Å². The van der Waals surface area contributed by atoms with Crippen molar-refractivity contribution in [3.8, 4) is 11.5 Å². The molecule has 0 heterocycles. The van der Waals surface area contributed by atoms with Crippen molar-refractivity contribution in [2.75, 3.05) is 20.8 Å². The molecular formula is C19H17FO5. The molecule has 0 aliphatic carbocycles. The molecule has 0 radical (unpaired) electrons. The van der Waals surface area contributed by atoms with Crippen LogP contribution in [-0.4, -0.2) is 32.6 Å². The molecule has 0 aliphatic rings. The lowest BCUT2D eigenvalue weighted by atomic mass is 10.1. The summed E-state index contributed by atoms with van der Waals surface area (Å²) in [5.41, 5.74) is 0.661. The number of methoxy groups -OCH3 is 2. The van der Waals surface area contributed by atoms with Gasteiger partial charge in [-0.15, -0.1) is 0 Å². The molecule has 6 heteroatoms. The number of hydrogen-bond donors (Lipinski definition) is 0. The highest BCUT2D eigenvalue weighted by molar-refractivity contribution is 5.97. The summed E-state index contributed by atoms with van der Waals surface area (Å²) in [6.07, 6.45) is 2.83. The van der Waals surface area contributed by atoms with Crippen LogP contribution in [0.25, 0.3) is 6.08 Å². The molecule has 0 saturated heterocycles. The second-order valence-corrected chi connectivity index (χ2v) is 4.96. The maximum Gasteiger partial charge on any atom is 0.330 e. The van der Waals surface area contributed by atoms with E-state index >= 15 is 0 Å². The maximum absolute atomic E-state index is 13.6. The lowest BCUT2D eigenvalue weighted by Gasteiger charge is -2.11. The number of ether oxygens (including phenoxy) is 3. The second-order valence-electron chi connectivity index (χ2n) is 4.96. The summed E-state index contributed by atoms with van der Waals surface area (Å²) in [7, 11) is 2.74. The molecule has 0 fully saturated rings. The van der Waals surface area contributed by atoms with Gasteiger partial charge in [0, 0.05) is 6.08 Å². The highest BCUT2D eigenvalue weighted by Crippen LogP contribution is 2.28. The van der Waals surface area contributed by atoms with Gasteiger partial charge in [-0.2, -0.15) is 0 Å². The van der Waals surface area contributed by atoms with Crippen molar-refractivity contribution >= 4 is 17.8 Å². The summed E-state index contributed by atoms with van der Waals surface area (Å²) in [4.78, 5) is 23.2. The Hall–Kier alpha value is -3.15. The number of esters is 1. The smallest absolute Gasteiger partial charge is 0.330 e. The van der Waals surface area contributed by atoms with Crippen LogP contribution in [0.15, 0.2) is 48.5 Å². The molecule has 0 unspecified atom stereocenters. The summed E-state index contributed by atoms with van der Waals surface area (Å²) in [6.45, 7) is -0.325. The summed E-state index contributed by atoms with van der Waals surface area (Å²) in [5, 5.41) is 0. The molecule has 0 spiro atoms. The number of benzene rings is 2. The molecule has 0 aliphatic heterocycles. The molecule has 2 rings (SSSR count). The molecule has 0 atom stereocenters. The Bertz CT molecular complexity index is 798. The molecule has 0 saturated carbocycles. The number of rotatable bonds is 7. The van der Waals surface area contributed by atoms with E-state index in [4.69, 9.17) is 9.47 Å². The van der Waals surface area contributed by atoms with Gasteiger partial charge in [0.05, 0.1) is 19.8 Å². The minimum atomic E-state index is -0.591. The Morgan fingerprint density at radius 2 is 1.84 bits per heavy atom. The van der Waals surface area contributed by atoms with Gasteiger partial charge in [0.25, 0.3) is 0 Å². The van der Waals surface area contributed by atoms with Gasteiger partial charge < -0.3 is 14.2 Å². The summed E-state index contributed by atoms with van der Waals surface area (Å²) in [6, 6.07) is 10.6. The number of Topliss-reactive ketones (excluding diaryl/α,β-unsaturated/α-hetero) is 1. The van der Waals surface area contributed by atoms with Gasteiger partial charge in [-0.25, -0.2) is 9.18 Å². The van der Waals surface area contributed by atoms with Gasteiger partial charge in [-0.05, 0) is 35.9 Å². The van der Waals surface area contributed by atoms with Crippen LogP contribution in [0.2, 0.25) is 0 Å². The van der Waals surface area contributed by atoms with Crippen LogP contribution in [0.3, 0.4) is 0 Å². The zero-order chi connectivity index (χ0) is 18.2. The van der Waals surface area contributed by atoms with Crippen LogP contribution in [0.4, 0.5) is 4.39 Å². The van der Waals surface area contributed by atoms with Crippen LogP contribution in [-0.2, 0) is 9.53 Å². The normalized spacial score (nSPS) is 10.5. The molecule has 5 nitrogen and oxygen atoms in total. The van der Waals surface area contributed by atoms with E-state index in [2.05, 4.69) is 4.74 Å². The number of halogens is 1. The van der Waals surface area contributed by atoms with Crippen molar-refractivity contribution in [1.29, 1.82) is 0 Å². The Labute approximate surface area is 144 Å². The van der Waals surface area contributed by atoms with Crippen molar-refractivity contribution < 1.29 is 28.2 Å². The van der Waals surface area contributed by atoms with Crippen LogP contribution < -0.4 is 9.47 Å². The lowest BCUT2D eigenvalue weighted by Crippen LogP contribution is -2.13. The first-order chi connectivity index (χ1) is 12.0. The van der Waals surface area contributed by atoms with Gasteiger partial charge in [-0.1, -0.05) is 18.2 Å². The predicted molar refractivity (Wildman–Crippen MR) is 90.3 cm³/mol. The topological polar surface area (TPSA) is 61.8 Å². The standard InChI is InChI=1S/C19H17FO5/c1-23-18-11-13(8-10-19(22)24-2)7-9-17(18)25-12-16(21)14-5-3-4-6-15(14)20/h3-11H,12H2,1-2H3/b10-8-. The van der Waals surface area contributed by atoms with Gasteiger partial charge in [0.15, 0.2) is 18.1 Å². The number of hydrogen-bond acceptors (Lipinski definition) is 5. The first kappa shape index (κ1) is 18.2. The summed E-state index contributed by atoms with van der Waals surface area (Å²) >= 11 is 0. The van der Waals surface area contributed by atoms with Crippen molar-refractivity contribution in [3.05, 3.63) is 65.5 Å². The zero-order valence-electron chi connectivity index (χ0n) is 13.8. The largest absolute Gasteiger partial charge is 0.493 e. The average Bonchev–Trinajstić information content (AvgIpc) is 2.64. The number of ketones is 1. The minimum Gasteiger partial charge on any atom is -0.493 e. The van der Waals surface area contributed by atoms with Crippen molar-refractivity contribution in [2.45, 2.75) is 0 Å². The van der Waals surface area contributed by atoms with E-state index in [0.29, 0.717) is 17.1 Å². The van der Waals surface area contributed by atoms with Crippen LogP contribution in [0, 0.1) is 5.82 Å². The predicted octanol–water partition coefficient (Wildman–Crippen LogP) is 3.28. The van der Waals surface area contributed by atoms with Crippen LogP contribution in [0.1, 0.15) is 15.9 Å². The molecular weight excluding hydrogens is 327 g/mol. The fourth-order valence-corrected chi connectivity index (χ4v) is 2.05. The Balaban J connectivity index is 2.09. The summed E-state index contributed by atoms with van der Waals surface area (Å²) < 4.78 is 28.8. The molecule has 0 N–H and O–H groups in total. The molecule has 25 heavy (non-hydrogen) atoms. The van der Waals surface area contributed by atoms with Crippen molar-refractivity contribution in [2.24, 2.45) is 0 Å². The van der Waals surface area contributed by atoms with Crippen molar-refractivity contribution in [1.82, 2.24) is 0 Å². The van der Waals surface area contributed by atoms with Crippen LogP contribution >= 0.6 is 0 Å². The molecule has 0 aromatic heterocycles. The van der Waals surface area contributed by atoms with E-state index in [1.165, 1.54) is 38.5 Å². The Kier molecular flexibility index (Phi) is 6.28. The molecule has 130 valence electrons. The fourth-order valence-electron chi connectivity index (χ4n) is 2.05. The van der Waals surface area contributed by atoms with E-state index in [0.717, 1.165) is 0 Å². The van der Waals surface area contributed by atoms with E-state index in [-0.39, 0.29) is 12.2 Å². The van der Waals surface area contributed by atoms with Gasteiger partial charge in [-0.3, -0.25) is 4.79 Å². The minimum absolute atomic E-state index is 0.0286. The molecule has 0 bridgehead atoms. The Morgan fingerprint density at radius 3 is 2.52 bits per heavy atom. The molecule has 0 amide bonds. The molecule has 2 aromatic rings. The quantitative estimate of drug-likeness (QED) is 0.438. The third kappa shape index (κ3) is 4.91. The lowest BCUT2D eigenvalue weighted by molar-refractivity contribution is -0.134. The Morgan fingerprint density at radius 1 is 1.08 bits per heavy atom. The highest BCUT2D eigenvalue weighted by Gasteiger charge is 2.13. The maximum atomic E-state index is 13.6. The highest BCUT2D eigenvalue weighted by atomic mass is 19.1. The zero-order valence-corrected chi connectivity index (χ0v) is 13.8. The average molecular weight is 344 g/mol. The van der Waals surface area contributed by atoms with Gasteiger partial charge >= 0.3 is 5.97 Å². The van der Waals surface area contributed by atoms with E-state index < -0.39 is 17.6 Å². The second kappa shape index (κ2) is 8.63. The first-order valence-corrected chi connectivity index (χ1v) is 7.39. The van der Waals surface area contributed by atoms with Gasteiger partial charge in [0.2, 0.25) is 5.78 Å². The summed E-state index contributed by atoms with van der Waals surface area (Å²) in [5.74, 6) is -0.827. The number of carbonyl (C=O) groups is 2. The first-order valence-electron chi connectivity index (χ1n) is 7.39. The third-order valence-electron chi connectivity index (χ3n) is 3.33. The SMILES string of the molecule is COC(=O)/C=C\c1ccc(OCC(=O)c2ccccc2F)c(OC)c1. The van der Waals surface area contributed by atoms with E-state index in [1.54, 1.807) is 30.3 Å². The fraction of sp³-hybridized carbons (Fsp3) is 0.158. The van der Waals surface area contributed by atoms with Crippen molar-refractivity contribution in [3.63, 3.8) is 0 Å². The van der Waals surface area contributed by atoms with E-state index in [9.17, 15) is 14.0 Å². The third-order valence-corrected chi connectivity index (χ3v) is 3.33. The number of carbonyl (C=O) groups excluding carboxylic acids is 2.